The Kier molecular flexibility index (Phi) is 5.36. The first-order valence-electron chi connectivity index (χ1n) is 8.83. The van der Waals surface area contributed by atoms with Crippen molar-refractivity contribution in [1.29, 1.82) is 5.26 Å². The minimum absolute atomic E-state index is 0.227. The summed E-state index contributed by atoms with van der Waals surface area (Å²) < 4.78 is 34.3. The van der Waals surface area contributed by atoms with Crippen LogP contribution in [-0.4, -0.2) is 26.0 Å². The number of hydrogen-bond donors (Lipinski definition) is 1. The van der Waals surface area contributed by atoms with Gasteiger partial charge in [-0.3, -0.25) is 4.79 Å². The summed E-state index contributed by atoms with van der Waals surface area (Å²) in [5.74, 6) is -0.406. The van der Waals surface area contributed by atoms with Crippen LogP contribution >= 0.6 is 0 Å². The van der Waals surface area contributed by atoms with Crippen molar-refractivity contribution in [1.82, 2.24) is 9.29 Å². The standard InChI is InChI=1S/C21H21N3O4S/c1-13-7-15(11-22)8-14(2)18(13)12-29(26,27)23-21(25)20-9-16-5-6-17(28-4)10-19(16)24(20)3/h5-10H,12H2,1-4H3,(H,23,25). The molecule has 0 unspecified atom stereocenters. The Labute approximate surface area is 169 Å². The van der Waals surface area contributed by atoms with Crippen LogP contribution in [0.25, 0.3) is 10.9 Å². The van der Waals surface area contributed by atoms with Crippen molar-refractivity contribution in [3.8, 4) is 11.8 Å². The number of sulfonamides is 1. The highest BCUT2D eigenvalue weighted by molar-refractivity contribution is 7.89. The highest BCUT2D eigenvalue weighted by Gasteiger charge is 2.22. The Bertz CT molecular complexity index is 1240. The minimum atomic E-state index is -3.93. The van der Waals surface area contributed by atoms with Gasteiger partial charge in [0.1, 0.15) is 11.4 Å². The van der Waals surface area contributed by atoms with E-state index in [0.29, 0.717) is 28.0 Å². The first-order valence-corrected chi connectivity index (χ1v) is 10.5. The molecule has 150 valence electrons. The topological polar surface area (TPSA) is 101 Å². The van der Waals surface area contributed by atoms with Gasteiger partial charge in [0.25, 0.3) is 5.91 Å². The summed E-state index contributed by atoms with van der Waals surface area (Å²) in [4.78, 5) is 12.7. The lowest BCUT2D eigenvalue weighted by atomic mass is 10.0. The zero-order valence-electron chi connectivity index (χ0n) is 16.6. The van der Waals surface area contributed by atoms with Crippen LogP contribution in [0.2, 0.25) is 0 Å². The van der Waals surface area contributed by atoms with Crippen LogP contribution in [0.4, 0.5) is 0 Å². The molecule has 0 aliphatic rings. The highest BCUT2D eigenvalue weighted by atomic mass is 32.2. The smallest absolute Gasteiger partial charge is 0.281 e. The molecule has 0 saturated carbocycles. The van der Waals surface area contributed by atoms with Gasteiger partial charge in [-0.2, -0.15) is 5.26 Å². The second kappa shape index (κ2) is 7.60. The average Bonchev–Trinajstić information content (AvgIpc) is 3.00. The number of ether oxygens (including phenoxy) is 1. The van der Waals surface area contributed by atoms with Crippen LogP contribution in [0.1, 0.15) is 32.7 Å². The molecule has 1 heterocycles. The first kappa shape index (κ1) is 20.4. The summed E-state index contributed by atoms with van der Waals surface area (Å²) >= 11 is 0. The third kappa shape index (κ3) is 4.10. The van der Waals surface area contributed by atoms with Crippen molar-refractivity contribution >= 4 is 26.8 Å². The Morgan fingerprint density at radius 2 is 1.83 bits per heavy atom. The lowest BCUT2D eigenvalue weighted by Gasteiger charge is -2.12. The number of nitrogens with zero attached hydrogens (tertiary/aromatic N) is 2. The van der Waals surface area contributed by atoms with Crippen molar-refractivity contribution in [2.45, 2.75) is 19.6 Å². The molecule has 0 atom stereocenters. The molecule has 0 spiro atoms. The van der Waals surface area contributed by atoms with Crippen LogP contribution < -0.4 is 9.46 Å². The number of nitrogens with one attached hydrogen (secondary N) is 1. The largest absolute Gasteiger partial charge is 0.497 e. The number of fused-ring (bicyclic) bond motifs is 1. The predicted molar refractivity (Wildman–Crippen MR) is 110 cm³/mol. The van der Waals surface area contributed by atoms with E-state index in [1.807, 2.05) is 12.1 Å². The number of carbonyl (C=O) groups is 1. The Morgan fingerprint density at radius 1 is 1.17 bits per heavy atom. The number of aromatic nitrogens is 1. The van der Waals surface area contributed by atoms with Gasteiger partial charge in [0.2, 0.25) is 10.0 Å². The van der Waals surface area contributed by atoms with Gasteiger partial charge in [0, 0.05) is 18.5 Å². The zero-order chi connectivity index (χ0) is 21.3. The van der Waals surface area contributed by atoms with Crippen LogP contribution in [0, 0.1) is 25.2 Å². The fraction of sp³-hybridized carbons (Fsp3) is 0.238. The van der Waals surface area contributed by atoms with Crippen LogP contribution in [0.3, 0.4) is 0 Å². The zero-order valence-corrected chi connectivity index (χ0v) is 17.4. The molecule has 1 aromatic heterocycles. The molecule has 2 aromatic carbocycles. The Balaban J connectivity index is 1.88. The molecule has 1 N–H and O–H groups in total. The second-order valence-corrected chi connectivity index (χ2v) is 8.63. The van der Waals surface area contributed by atoms with E-state index in [9.17, 15) is 13.2 Å². The summed E-state index contributed by atoms with van der Waals surface area (Å²) in [5.41, 5.74) is 3.41. The van der Waals surface area contributed by atoms with Gasteiger partial charge >= 0.3 is 0 Å². The summed E-state index contributed by atoms with van der Waals surface area (Å²) in [7, 11) is -0.688. The third-order valence-corrected chi connectivity index (χ3v) is 6.06. The lowest BCUT2D eigenvalue weighted by Crippen LogP contribution is -2.33. The van der Waals surface area contributed by atoms with Crippen LogP contribution in [0.15, 0.2) is 36.4 Å². The van der Waals surface area contributed by atoms with Gasteiger partial charge in [-0.05, 0) is 60.9 Å². The molecule has 0 aliphatic heterocycles. The van der Waals surface area contributed by atoms with Gasteiger partial charge in [-0.1, -0.05) is 0 Å². The second-order valence-electron chi connectivity index (χ2n) is 6.90. The summed E-state index contributed by atoms with van der Waals surface area (Å²) in [6.45, 7) is 3.50. The molecule has 29 heavy (non-hydrogen) atoms. The maximum absolute atomic E-state index is 12.7. The van der Waals surface area contributed by atoms with Crippen molar-refractivity contribution < 1.29 is 17.9 Å². The van der Waals surface area contributed by atoms with Crippen molar-refractivity contribution in [2.24, 2.45) is 7.05 Å². The molecular formula is C21H21N3O4S. The van der Waals surface area contributed by atoms with Gasteiger partial charge in [0.05, 0.1) is 30.0 Å². The number of nitriles is 1. The fourth-order valence-electron chi connectivity index (χ4n) is 3.36. The van der Waals surface area contributed by atoms with E-state index >= 15 is 0 Å². The number of benzene rings is 2. The van der Waals surface area contributed by atoms with Gasteiger partial charge in [0.15, 0.2) is 0 Å². The molecule has 0 fully saturated rings. The maximum Gasteiger partial charge on any atom is 0.281 e. The molecule has 3 aromatic rings. The van der Waals surface area contributed by atoms with E-state index < -0.39 is 15.9 Å². The number of hydrogen-bond acceptors (Lipinski definition) is 5. The SMILES string of the molecule is COc1ccc2cc(C(=O)NS(=O)(=O)Cc3c(C)cc(C#N)cc3C)n(C)c2c1. The van der Waals surface area contributed by atoms with Crippen LogP contribution in [0.5, 0.6) is 5.75 Å². The number of amides is 1. The molecule has 3 rings (SSSR count). The summed E-state index contributed by atoms with van der Waals surface area (Å²) in [6.07, 6.45) is 0. The molecular weight excluding hydrogens is 390 g/mol. The molecule has 7 nitrogen and oxygen atoms in total. The number of rotatable bonds is 5. The van der Waals surface area contributed by atoms with E-state index in [1.54, 1.807) is 62.9 Å². The van der Waals surface area contributed by atoms with Crippen molar-refractivity contribution in [2.75, 3.05) is 7.11 Å². The van der Waals surface area contributed by atoms with E-state index in [4.69, 9.17) is 10.00 Å². The van der Waals surface area contributed by atoms with E-state index in [-0.39, 0.29) is 11.4 Å². The monoisotopic (exact) mass is 411 g/mol. The molecule has 0 saturated heterocycles. The fourth-order valence-corrected chi connectivity index (χ4v) is 4.65. The highest BCUT2D eigenvalue weighted by Crippen LogP contribution is 2.24. The summed E-state index contributed by atoms with van der Waals surface area (Å²) in [6, 6.07) is 12.3. The Morgan fingerprint density at radius 3 is 2.41 bits per heavy atom. The van der Waals surface area contributed by atoms with Crippen molar-refractivity contribution in [3.05, 3.63) is 64.3 Å². The number of methoxy groups -OCH3 is 1. The minimum Gasteiger partial charge on any atom is -0.497 e. The molecule has 8 heteroatoms. The molecule has 0 bridgehead atoms. The number of carbonyl (C=O) groups excluding carboxylic acids is 1. The van der Waals surface area contributed by atoms with E-state index in [1.165, 1.54) is 0 Å². The van der Waals surface area contributed by atoms with E-state index in [0.717, 1.165) is 10.9 Å². The maximum atomic E-state index is 12.7. The number of aryl methyl sites for hydroxylation is 3. The Hall–Kier alpha value is -3.31. The third-order valence-electron chi connectivity index (χ3n) is 4.89. The quantitative estimate of drug-likeness (QED) is 0.696. The van der Waals surface area contributed by atoms with E-state index in [2.05, 4.69) is 4.72 Å². The van der Waals surface area contributed by atoms with Crippen LogP contribution in [-0.2, 0) is 22.8 Å². The molecule has 0 aliphatic carbocycles. The normalized spacial score (nSPS) is 11.3. The summed E-state index contributed by atoms with van der Waals surface area (Å²) in [5, 5.41) is 9.84. The lowest BCUT2D eigenvalue weighted by molar-refractivity contribution is 0.0974. The average molecular weight is 411 g/mol. The predicted octanol–water partition coefficient (Wildman–Crippen LogP) is 2.94. The van der Waals surface area contributed by atoms with Gasteiger partial charge < -0.3 is 9.30 Å². The molecule has 1 amide bonds. The van der Waals surface area contributed by atoms with Gasteiger partial charge in [-0.15, -0.1) is 0 Å². The van der Waals surface area contributed by atoms with Crippen molar-refractivity contribution in [3.63, 3.8) is 0 Å². The van der Waals surface area contributed by atoms with Gasteiger partial charge in [-0.25, -0.2) is 13.1 Å². The molecule has 0 radical (unpaired) electrons. The first-order chi connectivity index (χ1) is 13.6.